The van der Waals surface area contributed by atoms with Gasteiger partial charge in [-0.25, -0.2) is 13.2 Å². The Labute approximate surface area is 153 Å². The molecule has 5 nitrogen and oxygen atoms in total. The van der Waals surface area contributed by atoms with E-state index in [1.807, 2.05) is 0 Å². The van der Waals surface area contributed by atoms with Crippen LogP contribution in [0.5, 0.6) is 5.75 Å². The number of nitrogens with zero attached hydrogens (tertiary/aromatic N) is 2. The normalized spacial score (nSPS) is 14.8. The van der Waals surface area contributed by atoms with Crippen molar-refractivity contribution in [3.63, 3.8) is 0 Å². The number of phenolic OH excluding ortho intramolecular Hbond substituents is 1. The highest BCUT2D eigenvalue weighted by Gasteiger charge is 2.26. The van der Waals surface area contributed by atoms with Gasteiger partial charge in [0.05, 0.1) is 5.56 Å². The number of hydrogen-bond acceptors (Lipinski definition) is 3. The summed E-state index contributed by atoms with van der Waals surface area (Å²) in [5.74, 6) is -5.63. The van der Waals surface area contributed by atoms with Crippen LogP contribution in [0.3, 0.4) is 0 Å². The van der Waals surface area contributed by atoms with Gasteiger partial charge in [0.15, 0.2) is 17.5 Å². The number of carbonyl (C=O) groups excluding carboxylic acids is 2. The number of aromatic hydroxyl groups is 1. The van der Waals surface area contributed by atoms with Gasteiger partial charge in [0.25, 0.3) is 11.8 Å². The van der Waals surface area contributed by atoms with Gasteiger partial charge in [-0.15, -0.1) is 0 Å². The summed E-state index contributed by atoms with van der Waals surface area (Å²) in [6.45, 7) is 0.951. The van der Waals surface area contributed by atoms with Crippen LogP contribution in [-0.2, 0) is 0 Å². The molecule has 8 heteroatoms. The second kappa shape index (κ2) is 7.69. The zero-order valence-corrected chi connectivity index (χ0v) is 14.3. The van der Waals surface area contributed by atoms with Crippen LogP contribution in [0.25, 0.3) is 0 Å². The van der Waals surface area contributed by atoms with Crippen LogP contribution < -0.4 is 0 Å². The number of halogens is 3. The molecule has 27 heavy (non-hydrogen) atoms. The van der Waals surface area contributed by atoms with Crippen LogP contribution in [0.4, 0.5) is 13.2 Å². The molecule has 2 aromatic carbocycles. The largest absolute Gasteiger partial charge is 0.508 e. The Morgan fingerprint density at radius 1 is 0.852 bits per heavy atom. The maximum atomic E-state index is 13.9. The molecule has 0 saturated carbocycles. The van der Waals surface area contributed by atoms with E-state index < -0.39 is 28.9 Å². The molecule has 0 bridgehead atoms. The molecule has 0 atom stereocenters. The zero-order valence-electron chi connectivity index (χ0n) is 14.3. The highest BCUT2D eigenvalue weighted by Crippen LogP contribution is 2.19. The number of phenols is 1. The van der Waals surface area contributed by atoms with E-state index in [0.29, 0.717) is 24.6 Å². The fraction of sp³-hybridized carbons (Fsp3) is 0.263. The van der Waals surface area contributed by atoms with Crippen LogP contribution in [-0.4, -0.2) is 52.9 Å². The summed E-state index contributed by atoms with van der Waals surface area (Å²) >= 11 is 0. The minimum atomic E-state index is -1.68. The Bertz CT molecular complexity index is 888. The molecule has 1 aliphatic heterocycles. The van der Waals surface area contributed by atoms with Gasteiger partial charge in [-0.05, 0) is 36.8 Å². The van der Waals surface area contributed by atoms with Crippen molar-refractivity contribution in [1.82, 2.24) is 9.80 Å². The lowest BCUT2D eigenvalue weighted by molar-refractivity contribution is 0.0715. The fourth-order valence-electron chi connectivity index (χ4n) is 3.01. The van der Waals surface area contributed by atoms with Crippen LogP contribution in [0.1, 0.15) is 27.1 Å². The second-order valence-corrected chi connectivity index (χ2v) is 6.21. The standard InChI is InChI=1S/C19H17F3N2O3/c20-15-6-5-14(16(21)17(15)22)19(27)24-8-2-7-23(9-10-24)18(26)12-3-1-4-13(25)11-12/h1,3-6,11,25H,2,7-10H2. The summed E-state index contributed by atoms with van der Waals surface area (Å²) in [5.41, 5.74) is -0.219. The minimum Gasteiger partial charge on any atom is -0.508 e. The van der Waals surface area contributed by atoms with Gasteiger partial charge >= 0.3 is 0 Å². The predicted octanol–water partition coefficient (Wildman–Crippen LogP) is 2.80. The van der Waals surface area contributed by atoms with Crippen LogP contribution in [0, 0.1) is 17.5 Å². The number of benzene rings is 2. The summed E-state index contributed by atoms with van der Waals surface area (Å²) in [5, 5.41) is 9.51. The summed E-state index contributed by atoms with van der Waals surface area (Å²) in [6.07, 6.45) is 0.446. The lowest BCUT2D eigenvalue weighted by atomic mass is 10.1. The topological polar surface area (TPSA) is 60.9 Å². The number of rotatable bonds is 2. The summed E-state index contributed by atoms with van der Waals surface area (Å²) in [4.78, 5) is 27.9. The van der Waals surface area contributed by atoms with Crippen molar-refractivity contribution in [2.75, 3.05) is 26.2 Å². The molecule has 1 N–H and O–H groups in total. The third-order valence-corrected chi connectivity index (χ3v) is 4.43. The average Bonchev–Trinajstić information content (AvgIpc) is 2.91. The van der Waals surface area contributed by atoms with Gasteiger partial charge in [-0.3, -0.25) is 9.59 Å². The van der Waals surface area contributed by atoms with Gasteiger partial charge in [0, 0.05) is 31.7 Å². The minimum absolute atomic E-state index is 0.0266. The molecule has 1 saturated heterocycles. The molecule has 0 aliphatic carbocycles. The Balaban J connectivity index is 1.72. The lowest BCUT2D eigenvalue weighted by Crippen LogP contribution is -2.37. The smallest absolute Gasteiger partial charge is 0.257 e. The van der Waals surface area contributed by atoms with E-state index in [1.54, 1.807) is 12.1 Å². The molecule has 0 spiro atoms. The first-order chi connectivity index (χ1) is 12.9. The first kappa shape index (κ1) is 18.8. The first-order valence-electron chi connectivity index (χ1n) is 8.39. The number of carbonyl (C=O) groups is 2. The van der Waals surface area contributed by atoms with Gasteiger partial charge < -0.3 is 14.9 Å². The van der Waals surface area contributed by atoms with Gasteiger partial charge in [-0.2, -0.15) is 0 Å². The number of amides is 2. The molecule has 2 amide bonds. The maximum Gasteiger partial charge on any atom is 0.257 e. The monoisotopic (exact) mass is 378 g/mol. The summed E-state index contributed by atoms with van der Waals surface area (Å²) in [6, 6.07) is 7.56. The van der Waals surface area contributed by atoms with Gasteiger partial charge in [0.1, 0.15) is 5.75 Å². The van der Waals surface area contributed by atoms with Crippen molar-refractivity contribution in [3.8, 4) is 5.75 Å². The van der Waals surface area contributed by atoms with E-state index in [2.05, 4.69) is 0 Å². The molecular formula is C19H17F3N2O3. The molecule has 0 radical (unpaired) electrons. The maximum absolute atomic E-state index is 13.9. The van der Waals surface area contributed by atoms with E-state index in [-0.39, 0.29) is 31.3 Å². The van der Waals surface area contributed by atoms with Crippen molar-refractivity contribution < 1.29 is 27.9 Å². The molecule has 0 aromatic heterocycles. The Kier molecular flexibility index (Phi) is 5.34. The van der Waals surface area contributed by atoms with Crippen molar-refractivity contribution in [1.29, 1.82) is 0 Å². The van der Waals surface area contributed by atoms with E-state index in [9.17, 15) is 27.9 Å². The van der Waals surface area contributed by atoms with Crippen molar-refractivity contribution in [3.05, 3.63) is 65.0 Å². The molecule has 1 fully saturated rings. The first-order valence-corrected chi connectivity index (χ1v) is 8.39. The zero-order chi connectivity index (χ0) is 19.6. The van der Waals surface area contributed by atoms with Crippen LogP contribution >= 0.6 is 0 Å². The molecular weight excluding hydrogens is 361 g/mol. The van der Waals surface area contributed by atoms with E-state index >= 15 is 0 Å². The molecule has 1 aliphatic rings. The predicted molar refractivity (Wildman–Crippen MR) is 90.8 cm³/mol. The Hall–Kier alpha value is -3.03. The third kappa shape index (κ3) is 3.89. The Morgan fingerprint density at radius 2 is 1.52 bits per heavy atom. The summed E-state index contributed by atoms with van der Waals surface area (Å²) < 4.78 is 40.3. The molecule has 142 valence electrons. The SMILES string of the molecule is O=C(c1cccc(O)c1)N1CCCN(C(=O)c2ccc(F)c(F)c2F)CC1. The van der Waals surface area contributed by atoms with E-state index in [4.69, 9.17) is 0 Å². The van der Waals surface area contributed by atoms with Gasteiger partial charge in [0.2, 0.25) is 0 Å². The average molecular weight is 378 g/mol. The van der Waals surface area contributed by atoms with Crippen molar-refractivity contribution in [2.24, 2.45) is 0 Å². The van der Waals surface area contributed by atoms with Crippen molar-refractivity contribution in [2.45, 2.75) is 6.42 Å². The van der Waals surface area contributed by atoms with Crippen molar-refractivity contribution >= 4 is 11.8 Å². The fourth-order valence-corrected chi connectivity index (χ4v) is 3.01. The molecule has 1 heterocycles. The van der Waals surface area contributed by atoms with Crippen LogP contribution in [0.15, 0.2) is 36.4 Å². The second-order valence-electron chi connectivity index (χ2n) is 6.21. The van der Waals surface area contributed by atoms with E-state index in [1.165, 1.54) is 21.9 Å². The van der Waals surface area contributed by atoms with Crippen LogP contribution in [0.2, 0.25) is 0 Å². The highest BCUT2D eigenvalue weighted by atomic mass is 19.2. The third-order valence-electron chi connectivity index (χ3n) is 4.43. The molecule has 0 unspecified atom stereocenters. The lowest BCUT2D eigenvalue weighted by Gasteiger charge is -2.22. The summed E-state index contributed by atoms with van der Waals surface area (Å²) in [7, 11) is 0. The highest BCUT2D eigenvalue weighted by molar-refractivity contribution is 5.95. The molecule has 3 rings (SSSR count). The van der Waals surface area contributed by atoms with E-state index in [0.717, 1.165) is 6.07 Å². The number of hydrogen-bond donors (Lipinski definition) is 1. The van der Waals surface area contributed by atoms with Gasteiger partial charge in [-0.1, -0.05) is 6.07 Å². The Morgan fingerprint density at radius 3 is 2.19 bits per heavy atom. The quantitative estimate of drug-likeness (QED) is 0.818. The molecule has 2 aromatic rings.